The third-order valence-electron chi connectivity index (χ3n) is 1.46. The highest BCUT2D eigenvalue weighted by atomic mass is 32.1. The summed E-state index contributed by atoms with van der Waals surface area (Å²) in [4.78, 5) is 10.9. The van der Waals surface area contributed by atoms with Gasteiger partial charge in [-0.05, 0) is 12.1 Å². The second-order valence-corrected chi connectivity index (χ2v) is 3.09. The normalized spacial score (nSPS) is 7.83. The monoisotopic (exact) mass is 270 g/mol. The van der Waals surface area contributed by atoms with Crippen molar-refractivity contribution < 1.29 is 9.90 Å². The van der Waals surface area contributed by atoms with Crippen molar-refractivity contribution >= 4 is 23.1 Å². The van der Waals surface area contributed by atoms with Gasteiger partial charge in [-0.15, -0.1) is 0 Å². The van der Waals surface area contributed by atoms with Gasteiger partial charge in [-0.1, -0.05) is 52.0 Å². The highest BCUT2D eigenvalue weighted by Crippen LogP contribution is 2.10. The molecule has 0 radical (unpaired) electrons. The van der Waals surface area contributed by atoms with E-state index in [0.29, 0.717) is 10.6 Å². The van der Waals surface area contributed by atoms with Crippen molar-refractivity contribution in [2.24, 2.45) is 0 Å². The second-order valence-electron chi connectivity index (χ2n) is 2.69. The van der Waals surface area contributed by atoms with Gasteiger partial charge in [0.05, 0.1) is 0 Å². The Morgan fingerprint density at radius 2 is 1.72 bits per heavy atom. The number of hydrogen-bond acceptors (Lipinski definition) is 3. The first-order valence-electron chi connectivity index (χ1n) is 5.95. The molecule has 1 aromatic rings. The summed E-state index contributed by atoms with van der Waals surface area (Å²) in [7, 11) is 0. The van der Waals surface area contributed by atoms with Crippen LogP contribution in [0.4, 0.5) is 0 Å². The van der Waals surface area contributed by atoms with Gasteiger partial charge < -0.3 is 5.11 Å². The van der Waals surface area contributed by atoms with Crippen molar-refractivity contribution in [2.45, 2.75) is 34.6 Å². The Morgan fingerprint density at radius 3 is 2.17 bits per heavy atom. The fourth-order valence-corrected chi connectivity index (χ4v) is 1.04. The van der Waals surface area contributed by atoms with Crippen LogP contribution in [0.3, 0.4) is 0 Å². The predicted molar refractivity (Wildman–Crippen MR) is 79.5 cm³/mol. The van der Waals surface area contributed by atoms with Gasteiger partial charge in [0.15, 0.2) is 0 Å². The standard InChI is InChI=1S/C9H10N2O2S.2C2H6/c1-6(12)10-11-9(14)7-3-2-4-8(13)5-7;2*1-2/h2-5,13H,1H3,(H,10,12)(H,11,14);2*1-2H3. The Labute approximate surface area is 114 Å². The molecule has 1 amide bonds. The van der Waals surface area contributed by atoms with Crippen molar-refractivity contribution in [3.05, 3.63) is 29.8 Å². The SMILES string of the molecule is CC.CC.CC(=O)NNC(=S)c1cccc(O)c1. The van der Waals surface area contributed by atoms with Gasteiger partial charge in [-0.25, -0.2) is 0 Å². The molecule has 0 aliphatic carbocycles. The number of phenolic OH excluding ortho intramolecular Hbond substituents is 1. The summed E-state index contributed by atoms with van der Waals surface area (Å²) in [5, 5.41) is 9.16. The number of hydrazine groups is 1. The zero-order chi connectivity index (χ0) is 14.6. The summed E-state index contributed by atoms with van der Waals surface area (Å²) in [6, 6.07) is 6.46. The van der Waals surface area contributed by atoms with Crippen molar-refractivity contribution in [3.8, 4) is 5.75 Å². The van der Waals surface area contributed by atoms with Gasteiger partial charge in [0.1, 0.15) is 10.7 Å². The molecule has 0 aromatic heterocycles. The molecule has 18 heavy (non-hydrogen) atoms. The van der Waals surface area contributed by atoms with Crippen LogP contribution in [0.25, 0.3) is 0 Å². The van der Waals surface area contributed by atoms with Crippen LogP contribution >= 0.6 is 12.2 Å². The smallest absolute Gasteiger partial charge is 0.235 e. The number of hydrogen-bond donors (Lipinski definition) is 3. The van der Waals surface area contributed by atoms with Crippen LogP contribution in [0.1, 0.15) is 40.2 Å². The molecule has 1 rings (SSSR count). The van der Waals surface area contributed by atoms with Crippen LogP contribution in [0.2, 0.25) is 0 Å². The lowest BCUT2D eigenvalue weighted by Gasteiger charge is -2.07. The van der Waals surface area contributed by atoms with Gasteiger partial charge >= 0.3 is 0 Å². The van der Waals surface area contributed by atoms with Crippen LogP contribution in [-0.2, 0) is 4.79 Å². The van der Waals surface area contributed by atoms with E-state index in [1.807, 2.05) is 27.7 Å². The van der Waals surface area contributed by atoms with E-state index in [-0.39, 0.29) is 11.7 Å². The number of carbonyl (C=O) groups excluding carboxylic acids is 1. The molecule has 3 N–H and O–H groups in total. The molecular weight excluding hydrogens is 248 g/mol. The molecular formula is C13H22N2O2S. The number of phenols is 1. The Morgan fingerprint density at radius 1 is 1.17 bits per heavy atom. The van der Waals surface area contributed by atoms with Crippen LogP contribution in [0.5, 0.6) is 5.75 Å². The summed E-state index contributed by atoms with van der Waals surface area (Å²) in [5.74, 6) is -0.0954. The average Bonchev–Trinajstić information content (AvgIpc) is 2.40. The summed E-state index contributed by atoms with van der Waals surface area (Å²) in [6.45, 7) is 9.37. The first-order valence-corrected chi connectivity index (χ1v) is 6.36. The lowest BCUT2D eigenvalue weighted by atomic mass is 10.2. The van der Waals surface area contributed by atoms with Gasteiger partial charge in [0, 0.05) is 12.5 Å². The van der Waals surface area contributed by atoms with E-state index >= 15 is 0 Å². The maximum absolute atomic E-state index is 10.6. The van der Waals surface area contributed by atoms with Crippen molar-refractivity contribution in [2.75, 3.05) is 0 Å². The molecule has 0 saturated heterocycles. The number of aromatic hydroxyl groups is 1. The molecule has 0 unspecified atom stereocenters. The Balaban J connectivity index is 0. The quantitative estimate of drug-likeness (QED) is 0.542. The molecule has 102 valence electrons. The average molecular weight is 270 g/mol. The second kappa shape index (κ2) is 11.9. The number of nitrogens with one attached hydrogen (secondary N) is 2. The van der Waals surface area contributed by atoms with Crippen LogP contribution < -0.4 is 10.9 Å². The van der Waals surface area contributed by atoms with Gasteiger partial charge in [-0.3, -0.25) is 15.6 Å². The Hall–Kier alpha value is -1.62. The Bertz CT molecular complexity index is 368. The van der Waals surface area contributed by atoms with Gasteiger partial charge in [-0.2, -0.15) is 0 Å². The molecule has 0 heterocycles. The van der Waals surface area contributed by atoms with Gasteiger partial charge in [0.25, 0.3) is 0 Å². The largest absolute Gasteiger partial charge is 0.508 e. The minimum Gasteiger partial charge on any atom is -0.508 e. The van der Waals surface area contributed by atoms with E-state index in [9.17, 15) is 4.79 Å². The molecule has 0 bridgehead atoms. The maximum Gasteiger partial charge on any atom is 0.235 e. The van der Waals surface area contributed by atoms with E-state index in [4.69, 9.17) is 17.3 Å². The van der Waals surface area contributed by atoms with Crippen LogP contribution in [0.15, 0.2) is 24.3 Å². The molecule has 0 aliphatic rings. The number of thiocarbonyl (C=S) groups is 1. The fourth-order valence-electron chi connectivity index (χ4n) is 0.864. The van der Waals surface area contributed by atoms with E-state index in [2.05, 4.69) is 10.9 Å². The first kappa shape index (κ1) is 18.7. The van der Waals surface area contributed by atoms with Crippen molar-refractivity contribution in [1.29, 1.82) is 0 Å². The lowest BCUT2D eigenvalue weighted by molar-refractivity contribution is -0.119. The van der Waals surface area contributed by atoms with E-state index in [1.54, 1.807) is 18.2 Å². The highest BCUT2D eigenvalue weighted by molar-refractivity contribution is 7.80. The molecule has 1 aromatic carbocycles. The Kier molecular flexibility index (Phi) is 12.3. The molecule has 0 saturated carbocycles. The first-order chi connectivity index (χ1) is 8.59. The predicted octanol–water partition coefficient (Wildman–Crippen LogP) is 2.76. The number of amides is 1. The summed E-state index contributed by atoms with van der Waals surface area (Å²) in [6.07, 6.45) is 0. The zero-order valence-corrected chi connectivity index (χ0v) is 12.4. The van der Waals surface area contributed by atoms with Crippen LogP contribution in [0, 0.1) is 0 Å². The maximum atomic E-state index is 10.6. The highest BCUT2D eigenvalue weighted by Gasteiger charge is 2.01. The summed E-state index contributed by atoms with van der Waals surface area (Å²) >= 11 is 4.96. The molecule has 5 heteroatoms. The summed E-state index contributed by atoms with van der Waals surface area (Å²) < 4.78 is 0. The van der Waals surface area contributed by atoms with Gasteiger partial charge in [0.2, 0.25) is 5.91 Å². The van der Waals surface area contributed by atoms with E-state index in [0.717, 1.165) is 0 Å². The van der Waals surface area contributed by atoms with Crippen molar-refractivity contribution in [1.82, 2.24) is 10.9 Å². The minimum absolute atomic E-state index is 0.134. The zero-order valence-electron chi connectivity index (χ0n) is 11.6. The van der Waals surface area contributed by atoms with E-state index < -0.39 is 0 Å². The summed E-state index contributed by atoms with van der Waals surface area (Å²) in [5.41, 5.74) is 5.54. The van der Waals surface area contributed by atoms with E-state index in [1.165, 1.54) is 13.0 Å². The number of rotatable bonds is 1. The topological polar surface area (TPSA) is 61.4 Å². The third kappa shape index (κ3) is 8.52. The molecule has 0 atom stereocenters. The molecule has 0 fully saturated rings. The minimum atomic E-state index is -0.229. The number of benzene rings is 1. The molecule has 4 nitrogen and oxygen atoms in total. The number of carbonyl (C=O) groups is 1. The molecule has 0 aliphatic heterocycles. The van der Waals surface area contributed by atoms with Crippen molar-refractivity contribution in [3.63, 3.8) is 0 Å². The fraction of sp³-hybridized carbons (Fsp3) is 0.385. The van der Waals surface area contributed by atoms with Crippen LogP contribution in [-0.4, -0.2) is 16.0 Å². The third-order valence-corrected chi connectivity index (χ3v) is 1.80. The molecule has 0 spiro atoms. The lowest BCUT2D eigenvalue weighted by Crippen LogP contribution is -2.39.